The van der Waals surface area contributed by atoms with E-state index < -0.39 is 5.54 Å². The number of aromatic hydroxyl groups is 1. The SMILES string of the molecule is C1CCCCC1.Fc1ccc(C2CNC2)c(Cl)c1.O=C1NC(=O)C2(N3Cc4cc(O)ccc4C3=O)CC1C2. The second-order valence-electron chi connectivity index (χ2n) is 10.8. The summed E-state index contributed by atoms with van der Waals surface area (Å²) >= 11 is 5.87. The molecule has 0 atom stereocenters. The molecule has 3 saturated heterocycles. The summed E-state index contributed by atoms with van der Waals surface area (Å²) in [7, 11) is 0. The van der Waals surface area contributed by atoms with Crippen molar-refractivity contribution in [2.45, 2.75) is 69.4 Å². The molecule has 3 N–H and O–H groups in total. The normalized spacial score (nSPS) is 25.6. The molecule has 4 aliphatic heterocycles. The molecular formula is C29H33ClFN3O4. The van der Waals surface area contributed by atoms with Crippen LogP contribution in [0.3, 0.4) is 0 Å². The molecule has 2 bridgehead atoms. The minimum Gasteiger partial charge on any atom is -0.508 e. The van der Waals surface area contributed by atoms with Crippen LogP contribution in [0.15, 0.2) is 36.4 Å². The number of hydrogen-bond acceptors (Lipinski definition) is 5. The molecular weight excluding hydrogens is 509 g/mol. The van der Waals surface area contributed by atoms with E-state index in [2.05, 4.69) is 10.6 Å². The van der Waals surface area contributed by atoms with Gasteiger partial charge >= 0.3 is 0 Å². The topological polar surface area (TPSA) is 98.7 Å². The molecule has 2 aliphatic carbocycles. The average molecular weight is 542 g/mol. The maximum Gasteiger partial charge on any atom is 0.255 e. The van der Waals surface area contributed by atoms with Gasteiger partial charge in [0, 0.05) is 42.1 Å². The molecule has 8 rings (SSSR count). The lowest BCUT2D eigenvalue weighted by atomic mass is 9.63. The lowest BCUT2D eigenvalue weighted by molar-refractivity contribution is -0.160. The van der Waals surface area contributed by atoms with Gasteiger partial charge < -0.3 is 15.3 Å². The number of hydrogen-bond donors (Lipinski definition) is 3. The smallest absolute Gasteiger partial charge is 0.255 e. The second-order valence-corrected chi connectivity index (χ2v) is 11.2. The highest BCUT2D eigenvalue weighted by Crippen LogP contribution is 2.48. The minimum absolute atomic E-state index is 0.102. The molecule has 2 aromatic rings. The Morgan fingerprint density at radius 1 is 0.921 bits per heavy atom. The van der Waals surface area contributed by atoms with E-state index in [1.165, 1.54) is 61.6 Å². The van der Waals surface area contributed by atoms with Crippen LogP contribution >= 0.6 is 11.6 Å². The van der Waals surface area contributed by atoms with E-state index in [0.717, 1.165) is 24.2 Å². The zero-order valence-electron chi connectivity index (χ0n) is 21.3. The van der Waals surface area contributed by atoms with Crippen LogP contribution in [-0.2, 0) is 16.1 Å². The van der Waals surface area contributed by atoms with Crippen molar-refractivity contribution in [1.82, 2.24) is 15.5 Å². The Kier molecular flexibility index (Phi) is 7.73. The third-order valence-corrected chi connectivity index (χ3v) is 8.62. The van der Waals surface area contributed by atoms with Crippen molar-refractivity contribution in [2.75, 3.05) is 13.1 Å². The Morgan fingerprint density at radius 2 is 1.58 bits per heavy atom. The van der Waals surface area contributed by atoms with E-state index >= 15 is 0 Å². The van der Waals surface area contributed by atoms with Gasteiger partial charge in [0.2, 0.25) is 5.91 Å². The highest BCUT2D eigenvalue weighted by atomic mass is 35.5. The van der Waals surface area contributed by atoms with E-state index in [0.29, 0.717) is 35.9 Å². The molecule has 5 fully saturated rings. The van der Waals surface area contributed by atoms with E-state index in [-0.39, 0.29) is 35.2 Å². The summed E-state index contributed by atoms with van der Waals surface area (Å²) < 4.78 is 12.6. The van der Waals surface area contributed by atoms with Crippen LogP contribution in [0, 0.1) is 11.7 Å². The highest BCUT2D eigenvalue weighted by Gasteiger charge is 2.62. The van der Waals surface area contributed by atoms with Gasteiger partial charge in [-0.3, -0.25) is 19.7 Å². The van der Waals surface area contributed by atoms with Gasteiger partial charge in [-0.25, -0.2) is 4.39 Å². The van der Waals surface area contributed by atoms with Gasteiger partial charge in [-0.2, -0.15) is 0 Å². The first kappa shape index (κ1) is 26.6. The number of phenols is 1. The fourth-order valence-electron chi connectivity index (χ4n) is 5.85. The van der Waals surface area contributed by atoms with Crippen LogP contribution in [0.25, 0.3) is 0 Å². The molecule has 7 nitrogen and oxygen atoms in total. The summed E-state index contributed by atoms with van der Waals surface area (Å²) in [6.45, 7) is 2.20. The molecule has 4 heterocycles. The van der Waals surface area contributed by atoms with Crippen LogP contribution in [0.5, 0.6) is 5.75 Å². The molecule has 38 heavy (non-hydrogen) atoms. The molecule has 2 aromatic carbocycles. The minimum atomic E-state index is -0.885. The number of piperidine rings is 2. The van der Waals surface area contributed by atoms with E-state index in [9.17, 15) is 23.9 Å². The Labute approximate surface area is 226 Å². The third-order valence-electron chi connectivity index (χ3n) is 8.29. The van der Waals surface area contributed by atoms with Crippen molar-refractivity contribution in [2.24, 2.45) is 5.92 Å². The summed E-state index contributed by atoms with van der Waals surface area (Å²) in [5.41, 5.74) is 1.41. The first-order chi connectivity index (χ1) is 18.3. The van der Waals surface area contributed by atoms with Gasteiger partial charge in [0.25, 0.3) is 11.8 Å². The number of benzene rings is 2. The number of halogens is 2. The maximum atomic E-state index is 12.6. The summed E-state index contributed by atoms with van der Waals surface area (Å²) in [4.78, 5) is 37.6. The number of phenolic OH excluding ortho intramolecular Hbond substituents is 1. The highest BCUT2D eigenvalue weighted by molar-refractivity contribution is 6.31. The Balaban J connectivity index is 0.000000138. The molecule has 3 amide bonds. The third kappa shape index (κ3) is 5.16. The van der Waals surface area contributed by atoms with E-state index in [1.807, 2.05) is 0 Å². The molecule has 6 aliphatic rings. The van der Waals surface area contributed by atoms with Gasteiger partial charge in [0.15, 0.2) is 0 Å². The van der Waals surface area contributed by atoms with Crippen molar-refractivity contribution < 1.29 is 23.9 Å². The first-order valence-electron chi connectivity index (χ1n) is 13.4. The number of nitrogens with zero attached hydrogens (tertiary/aromatic N) is 1. The molecule has 0 spiro atoms. The van der Waals surface area contributed by atoms with Crippen molar-refractivity contribution in [1.29, 1.82) is 0 Å². The van der Waals surface area contributed by atoms with Crippen molar-refractivity contribution in [3.8, 4) is 5.75 Å². The summed E-state index contributed by atoms with van der Waals surface area (Å²) in [5.74, 6) is -0.686. The van der Waals surface area contributed by atoms with E-state index in [1.54, 1.807) is 18.2 Å². The number of imide groups is 1. The van der Waals surface area contributed by atoms with Gasteiger partial charge in [-0.05, 0) is 54.3 Å². The number of rotatable bonds is 2. The Hall–Kier alpha value is -2.97. The van der Waals surface area contributed by atoms with Crippen LogP contribution in [0.4, 0.5) is 4.39 Å². The quantitative estimate of drug-likeness (QED) is 0.480. The number of amides is 3. The van der Waals surface area contributed by atoms with Crippen LogP contribution in [0.1, 0.15) is 78.8 Å². The summed E-state index contributed by atoms with van der Waals surface area (Å²) in [5, 5.41) is 15.5. The molecule has 2 saturated carbocycles. The summed E-state index contributed by atoms with van der Waals surface area (Å²) in [6, 6.07) is 9.18. The molecule has 202 valence electrons. The maximum absolute atomic E-state index is 12.6. The van der Waals surface area contributed by atoms with Crippen LogP contribution < -0.4 is 10.6 Å². The Morgan fingerprint density at radius 3 is 2.13 bits per heavy atom. The standard InChI is InChI=1S/C14H12N2O4.C9H9ClFN.C6H12/c17-9-1-2-10-7(3-9)6-16(12(10)19)14-4-8(5-14)11(18)15-13(14)20;10-9-3-7(11)1-2-8(9)6-4-12-5-6;1-2-4-6-5-3-1/h1-3,8,17H,4-6H2,(H,15,18,20);1-3,6,12H,4-5H2;1-6H2. The average Bonchev–Trinajstić information content (AvgIpc) is 3.16. The molecule has 0 radical (unpaired) electrons. The second kappa shape index (κ2) is 11.0. The molecule has 0 unspecified atom stereocenters. The van der Waals surface area contributed by atoms with Gasteiger partial charge in [0.05, 0.1) is 0 Å². The number of nitrogens with one attached hydrogen (secondary N) is 2. The van der Waals surface area contributed by atoms with Crippen LogP contribution in [0.2, 0.25) is 5.02 Å². The molecule has 9 heteroatoms. The van der Waals surface area contributed by atoms with Gasteiger partial charge in [-0.15, -0.1) is 0 Å². The van der Waals surface area contributed by atoms with E-state index in [4.69, 9.17) is 11.6 Å². The number of fused-ring (bicyclic) bond motifs is 3. The summed E-state index contributed by atoms with van der Waals surface area (Å²) in [6.07, 6.45) is 9.81. The van der Waals surface area contributed by atoms with Gasteiger partial charge in [0.1, 0.15) is 17.1 Å². The monoisotopic (exact) mass is 541 g/mol. The first-order valence-corrected chi connectivity index (χ1v) is 13.8. The lowest BCUT2D eigenvalue weighted by Gasteiger charge is -2.53. The zero-order chi connectivity index (χ0) is 26.9. The van der Waals surface area contributed by atoms with Crippen LogP contribution in [-0.4, -0.2) is 46.4 Å². The number of carbonyl (C=O) groups is 3. The van der Waals surface area contributed by atoms with Gasteiger partial charge in [-0.1, -0.05) is 56.2 Å². The Bertz CT molecular complexity index is 1230. The largest absolute Gasteiger partial charge is 0.508 e. The zero-order valence-corrected chi connectivity index (χ0v) is 22.0. The van der Waals surface area contributed by atoms with Crippen molar-refractivity contribution >= 4 is 29.3 Å². The lowest BCUT2D eigenvalue weighted by Crippen LogP contribution is -2.73. The predicted octanol–water partition coefficient (Wildman–Crippen LogP) is 4.66. The fourth-order valence-corrected chi connectivity index (χ4v) is 6.18. The van der Waals surface area contributed by atoms with Crippen molar-refractivity contribution in [3.63, 3.8) is 0 Å². The predicted molar refractivity (Wildman–Crippen MR) is 141 cm³/mol. The molecule has 0 aromatic heterocycles. The number of carbonyl (C=O) groups excluding carboxylic acids is 3. The fraction of sp³-hybridized carbons (Fsp3) is 0.483. The van der Waals surface area contributed by atoms with Crippen molar-refractivity contribution in [3.05, 3.63) is 63.9 Å².